The molecular weight excluding hydrogens is 394 g/mol. The monoisotopic (exact) mass is 423 g/mol. The zero-order chi connectivity index (χ0) is 21.4. The summed E-state index contributed by atoms with van der Waals surface area (Å²) in [6.07, 6.45) is 2.74. The van der Waals surface area contributed by atoms with Crippen LogP contribution in [0.15, 0.2) is 0 Å². The molecule has 0 aromatic carbocycles. The van der Waals surface area contributed by atoms with E-state index in [9.17, 15) is 9.59 Å². The van der Waals surface area contributed by atoms with Crippen molar-refractivity contribution in [1.29, 1.82) is 0 Å². The molecule has 9 nitrogen and oxygen atoms in total. The number of nitrogens with zero attached hydrogens (tertiary/aromatic N) is 3. The molecule has 29 heavy (non-hydrogen) atoms. The summed E-state index contributed by atoms with van der Waals surface area (Å²) in [6, 6.07) is 0.387. The Balaban J connectivity index is 0.000000234. The van der Waals surface area contributed by atoms with Gasteiger partial charge in [-0.15, -0.1) is 0 Å². The summed E-state index contributed by atoms with van der Waals surface area (Å²) in [5, 5.41) is 4.20. The second-order valence-corrected chi connectivity index (χ2v) is 7.72. The van der Waals surface area contributed by atoms with E-state index in [1.807, 2.05) is 20.9 Å². The molecule has 1 aliphatic heterocycles. The van der Waals surface area contributed by atoms with Crippen molar-refractivity contribution in [2.45, 2.75) is 39.0 Å². The molecule has 10 heteroatoms. The highest BCUT2D eigenvalue weighted by Crippen LogP contribution is 2.27. The van der Waals surface area contributed by atoms with Gasteiger partial charge in [-0.3, -0.25) is 9.59 Å². The molecule has 0 aliphatic carbocycles. The number of methoxy groups -OCH3 is 2. The van der Waals surface area contributed by atoms with Gasteiger partial charge >= 0.3 is 0 Å². The SMILES string of the molecule is CNC1CCN(c2nc(C)c(C=O)s2)C[C@@H]1OC.COCc1nc(C=O)[nH]c1C. The van der Waals surface area contributed by atoms with Gasteiger partial charge < -0.3 is 24.7 Å². The Hall–Kier alpha value is -2.14. The lowest BCUT2D eigenvalue weighted by Crippen LogP contribution is -2.52. The molecule has 0 bridgehead atoms. The van der Waals surface area contributed by atoms with Crippen molar-refractivity contribution in [3.8, 4) is 0 Å². The molecule has 160 valence electrons. The number of aromatic nitrogens is 3. The summed E-state index contributed by atoms with van der Waals surface area (Å²) in [5.41, 5.74) is 2.48. The number of rotatable bonds is 7. The minimum absolute atomic E-state index is 0.160. The van der Waals surface area contributed by atoms with Gasteiger partial charge in [-0.25, -0.2) is 9.97 Å². The minimum Gasteiger partial charge on any atom is -0.378 e. The maximum Gasteiger partial charge on any atom is 0.186 e. The number of thiazole rings is 1. The van der Waals surface area contributed by atoms with Crippen molar-refractivity contribution in [2.75, 3.05) is 39.3 Å². The van der Waals surface area contributed by atoms with Crippen molar-refractivity contribution >= 4 is 29.0 Å². The normalized spacial score (nSPS) is 18.9. The molecule has 0 spiro atoms. The zero-order valence-electron chi connectivity index (χ0n) is 17.5. The largest absolute Gasteiger partial charge is 0.378 e. The van der Waals surface area contributed by atoms with Crippen LogP contribution in [0.5, 0.6) is 0 Å². The standard InChI is InChI=1S/C12H19N3O2S.C7H10N2O2/c1-8-11(7-16)18-12(14-8)15-5-4-9(13-2)10(6-15)17-3;1-5-6(4-11-2)9-7(3-10)8-5/h7,9-10,13H,4-6H2,1-3H3;3H,4H2,1-2H3,(H,8,9)/t9?,10-;/m0./s1. The lowest BCUT2D eigenvalue weighted by atomic mass is 10.0. The molecule has 2 aromatic heterocycles. The Kier molecular flexibility index (Phi) is 8.90. The van der Waals surface area contributed by atoms with Crippen LogP contribution in [0.2, 0.25) is 0 Å². The first-order valence-corrected chi connectivity index (χ1v) is 10.2. The maximum atomic E-state index is 10.9. The van der Waals surface area contributed by atoms with Gasteiger partial charge in [0.05, 0.1) is 29.0 Å². The molecule has 1 fully saturated rings. The molecule has 0 amide bonds. The van der Waals surface area contributed by atoms with Crippen LogP contribution in [-0.4, -0.2) is 74.0 Å². The highest BCUT2D eigenvalue weighted by atomic mass is 32.1. The van der Waals surface area contributed by atoms with Crippen LogP contribution in [0.4, 0.5) is 5.13 Å². The van der Waals surface area contributed by atoms with Crippen molar-refractivity contribution in [3.05, 3.63) is 27.8 Å². The van der Waals surface area contributed by atoms with Crippen molar-refractivity contribution in [2.24, 2.45) is 0 Å². The number of aldehydes is 2. The Bertz CT molecular complexity index is 807. The van der Waals surface area contributed by atoms with Crippen LogP contribution in [0.1, 0.15) is 43.8 Å². The Morgan fingerprint density at radius 2 is 2.03 bits per heavy atom. The third kappa shape index (κ3) is 5.92. The molecule has 1 saturated heterocycles. The van der Waals surface area contributed by atoms with E-state index in [1.165, 1.54) is 11.3 Å². The molecule has 2 atom stereocenters. The summed E-state index contributed by atoms with van der Waals surface area (Å²) in [6.45, 7) is 5.92. The fourth-order valence-corrected chi connectivity index (χ4v) is 4.07. The van der Waals surface area contributed by atoms with Gasteiger partial charge in [-0.05, 0) is 27.3 Å². The molecule has 2 aromatic rings. The first-order valence-electron chi connectivity index (χ1n) is 9.34. The van der Waals surface area contributed by atoms with Crippen LogP contribution in [0, 0.1) is 13.8 Å². The average Bonchev–Trinajstić information content (AvgIpc) is 3.30. The highest BCUT2D eigenvalue weighted by Gasteiger charge is 2.29. The summed E-state index contributed by atoms with van der Waals surface area (Å²) >= 11 is 1.46. The lowest BCUT2D eigenvalue weighted by Gasteiger charge is -2.37. The van der Waals surface area contributed by atoms with Gasteiger partial charge in [0.15, 0.2) is 23.5 Å². The Labute approximate surface area is 174 Å². The number of piperidine rings is 1. The number of hydrogen-bond donors (Lipinski definition) is 2. The van der Waals surface area contributed by atoms with E-state index in [1.54, 1.807) is 14.2 Å². The second-order valence-electron chi connectivity index (χ2n) is 6.71. The predicted octanol–water partition coefficient (Wildman–Crippen LogP) is 1.75. The first kappa shape index (κ1) is 23.1. The Morgan fingerprint density at radius 3 is 2.55 bits per heavy atom. The number of aromatic amines is 1. The van der Waals surface area contributed by atoms with Crippen molar-refractivity contribution in [3.63, 3.8) is 0 Å². The number of nitrogens with one attached hydrogen (secondary N) is 2. The molecule has 3 rings (SSSR count). The molecule has 3 heterocycles. The fraction of sp³-hybridized carbons (Fsp3) is 0.579. The number of carbonyl (C=O) groups excluding carboxylic acids is 2. The van der Waals surface area contributed by atoms with E-state index in [4.69, 9.17) is 9.47 Å². The van der Waals surface area contributed by atoms with E-state index in [2.05, 4.69) is 25.2 Å². The van der Waals surface area contributed by atoms with Gasteiger partial charge in [-0.1, -0.05) is 11.3 Å². The summed E-state index contributed by atoms with van der Waals surface area (Å²) in [7, 11) is 5.29. The van der Waals surface area contributed by atoms with Crippen LogP contribution in [0.25, 0.3) is 0 Å². The smallest absolute Gasteiger partial charge is 0.186 e. The van der Waals surface area contributed by atoms with E-state index in [-0.39, 0.29) is 6.10 Å². The topological polar surface area (TPSA) is 109 Å². The number of anilines is 1. The number of likely N-dealkylation sites (N-methyl/N-ethyl adjacent to an activating group) is 1. The van der Waals surface area contributed by atoms with Gasteiger partial charge in [0.2, 0.25) is 0 Å². The third-order valence-electron chi connectivity index (χ3n) is 4.83. The molecule has 0 radical (unpaired) electrons. The number of ether oxygens (including phenoxy) is 2. The van der Waals surface area contributed by atoms with Crippen LogP contribution in [-0.2, 0) is 16.1 Å². The van der Waals surface area contributed by atoms with Crippen LogP contribution >= 0.6 is 11.3 Å². The van der Waals surface area contributed by atoms with Gasteiger partial charge in [0.25, 0.3) is 0 Å². The number of hydrogen-bond acceptors (Lipinski definition) is 9. The van der Waals surface area contributed by atoms with Crippen molar-refractivity contribution < 1.29 is 19.1 Å². The first-order chi connectivity index (χ1) is 14.0. The van der Waals surface area contributed by atoms with Gasteiger partial charge in [0.1, 0.15) is 0 Å². The lowest BCUT2D eigenvalue weighted by molar-refractivity contribution is 0.0628. The molecule has 0 saturated carbocycles. The van der Waals surface area contributed by atoms with E-state index in [0.29, 0.717) is 24.8 Å². The van der Waals surface area contributed by atoms with Crippen molar-refractivity contribution in [1.82, 2.24) is 20.3 Å². The summed E-state index contributed by atoms with van der Waals surface area (Å²) < 4.78 is 10.4. The predicted molar refractivity (Wildman–Crippen MR) is 112 cm³/mol. The number of H-pyrrole nitrogens is 1. The van der Waals surface area contributed by atoms with Gasteiger partial charge in [-0.2, -0.15) is 0 Å². The summed E-state index contributed by atoms with van der Waals surface area (Å²) in [4.78, 5) is 35.3. The maximum absolute atomic E-state index is 10.9. The highest BCUT2D eigenvalue weighted by molar-refractivity contribution is 7.17. The van der Waals surface area contributed by atoms with E-state index >= 15 is 0 Å². The average molecular weight is 424 g/mol. The second kappa shape index (κ2) is 11.1. The molecule has 1 unspecified atom stereocenters. The van der Waals surface area contributed by atoms with E-state index < -0.39 is 0 Å². The van der Waals surface area contributed by atoms with Gasteiger partial charge in [0, 0.05) is 39.0 Å². The molecular formula is C19H29N5O4S. The number of imidazole rings is 1. The summed E-state index contributed by atoms with van der Waals surface area (Å²) in [5.74, 6) is 0.356. The quantitative estimate of drug-likeness (QED) is 0.649. The zero-order valence-corrected chi connectivity index (χ0v) is 18.3. The fourth-order valence-electron chi connectivity index (χ4n) is 3.15. The minimum atomic E-state index is 0.160. The third-order valence-corrected chi connectivity index (χ3v) is 5.97. The Morgan fingerprint density at radius 1 is 1.28 bits per heavy atom. The molecule has 2 N–H and O–H groups in total. The number of aryl methyl sites for hydroxylation is 2. The molecule has 1 aliphatic rings. The van der Waals surface area contributed by atoms with Crippen LogP contribution in [0.3, 0.4) is 0 Å². The van der Waals surface area contributed by atoms with Crippen LogP contribution < -0.4 is 10.2 Å². The van der Waals surface area contributed by atoms with E-state index in [0.717, 1.165) is 52.9 Å². The number of carbonyl (C=O) groups is 2.